The molecule has 15 heavy (non-hydrogen) atoms. The fourth-order valence-electron chi connectivity index (χ4n) is 1.66. The Kier molecular flexibility index (Phi) is 2.70. The summed E-state index contributed by atoms with van der Waals surface area (Å²) < 4.78 is 13.5. The van der Waals surface area contributed by atoms with Gasteiger partial charge in [0.15, 0.2) is 11.6 Å². The van der Waals surface area contributed by atoms with Gasteiger partial charge < -0.3 is 10.6 Å². The summed E-state index contributed by atoms with van der Waals surface area (Å²) in [6.07, 6.45) is 4.34. The van der Waals surface area contributed by atoms with E-state index >= 15 is 0 Å². The zero-order valence-corrected chi connectivity index (χ0v) is 8.78. The molecule has 0 spiro atoms. The van der Waals surface area contributed by atoms with Crippen LogP contribution in [-0.2, 0) is 0 Å². The summed E-state index contributed by atoms with van der Waals surface area (Å²) in [7, 11) is 0. The van der Waals surface area contributed by atoms with E-state index < -0.39 is 0 Å². The number of rotatable bonds is 4. The summed E-state index contributed by atoms with van der Waals surface area (Å²) >= 11 is 0. The predicted molar refractivity (Wildman–Crippen MR) is 57.1 cm³/mol. The average Bonchev–Trinajstić information content (AvgIpc) is 3.02. The number of aromatic nitrogens is 2. The molecular weight excluding hydrogens is 195 g/mol. The summed E-state index contributed by atoms with van der Waals surface area (Å²) in [5.74, 6) is 0.101. The highest BCUT2D eigenvalue weighted by Crippen LogP contribution is 2.31. The maximum absolute atomic E-state index is 13.5. The molecule has 2 N–H and O–H groups in total. The Morgan fingerprint density at radius 1 is 1.60 bits per heavy atom. The van der Waals surface area contributed by atoms with Crippen LogP contribution in [0.3, 0.4) is 0 Å². The Morgan fingerprint density at radius 2 is 2.33 bits per heavy atom. The highest BCUT2D eigenvalue weighted by atomic mass is 19.1. The lowest BCUT2D eigenvalue weighted by atomic mass is 10.3. The van der Waals surface area contributed by atoms with Crippen molar-refractivity contribution in [2.45, 2.75) is 32.2 Å². The first kappa shape index (κ1) is 10.1. The van der Waals surface area contributed by atoms with Gasteiger partial charge >= 0.3 is 0 Å². The van der Waals surface area contributed by atoms with Gasteiger partial charge in [0.2, 0.25) is 5.95 Å². The van der Waals surface area contributed by atoms with Gasteiger partial charge in [-0.25, -0.2) is 9.37 Å². The molecule has 2 rings (SSSR count). The molecule has 1 saturated carbocycles. The number of anilines is 2. The quantitative estimate of drug-likeness (QED) is 0.819. The van der Waals surface area contributed by atoms with Gasteiger partial charge in [-0.2, -0.15) is 4.98 Å². The van der Waals surface area contributed by atoms with E-state index in [0.717, 1.165) is 32.0 Å². The molecule has 5 heteroatoms. The lowest BCUT2D eigenvalue weighted by Gasteiger charge is -2.23. The number of hydrogen-bond donors (Lipinski definition) is 1. The fourth-order valence-corrected chi connectivity index (χ4v) is 1.66. The SMILES string of the molecule is CCCN(c1nc(N)ncc1F)C1CC1. The molecule has 0 bridgehead atoms. The molecule has 4 nitrogen and oxygen atoms in total. The van der Waals surface area contributed by atoms with Crippen molar-refractivity contribution in [3.63, 3.8) is 0 Å². The van der Waals surface area contributed by atoms with E-state index in [0.29, 0.717) is 11.9 Å². The van der Waals surface area contributed by atoms with Gasteiger partial charge in [-0.15, -0.1) is 0 Å². The van der Waals surface area contributed by atoms with Gasteiger partial charge in [0.25, 0.3) is 0 Å². The van der Waals surface area contributed by atoms with Crippen LogP contribution in [0, 0.1) is 5.82 Å². The zero-order chi connectivity index (χ0) is 10.8. The van der Waals surface area contributed by atoms with E-state index in [1.54, 1.807) is 0 Å². The largest absolute Gasteiger partial charge is 0.368 e. The van der Waals surface area contributed by atoms with Crippen molar-refractivity contribution in [3.05, 3.63) is 12.0 Å². The molecule has 0 atom stereocenters. The van der Waals surface area contributed by atoms with Gasteiger partial charge in [-0.1, -0.05) is 6.92 Å². The van der Waals surface area contributed by atoms with E-state index in [-0.39, 0.29) is 11.8 Å². The van der Waals surface area contributed by atoms with E-state index in [1.807, 2.05) is 4.90 Å². The molecule has 1 fully saturated rings. The zero-order valence-electron chi connectivity index (χ0n) is 8.78. The van der Waals surface area contributed by atoms with Gasteiger partial charge in [-0.05, 0) is 19.3 Å². The first-order valence-electron chi connectivity index (χ1n) is 5.27. The van der Waals surface area contributed by atoms with Crippen LogP contribution in [0.4, 0.5) is 16.2 Å². The number of halogens is 1. The molecule has 1 aromatic rings. The Labute approximate surface area is 88.3 Å². The highest BCUT2D eigenvalue weighted by molar-refractivity contribution is 5.44. The third kappa shape index (κ3) is 2.16. The molecular formula is C10H15FN4. The standard InChI is InChI=1S/C10H15FN4/c1-2-5-15(7-3-4-7)9-8(11)6-13-10(12)14-9/h6-7H,2-5H2,1H3,(H2,12,13,14). The monoisotopic (exact) mass is 210 g/mol. The Morgan fingerprint density at radius 3 is 2.93 bits per heavy atom. The molecule has 0 saturated heterocycles. The van der Waals surface area contributed by atoms with Crippen molar-refractivity contribution in [2.24, 2.45) is 0 Å². The molecule has 1 aromatic heterocycles. The van der Waals surface area contributed by atoms with E-state index in [9.17, 15) is 4.39 Å². The van der Waals surface area contributed by atoms with E-state index in [4.69, 9.17) is 5.73 Å². The van der Waals surface area contributed by atoms with Crippen LogP contribution >= 0.6 is 0 Å². The van der Waals surface area contributed by atoms with Gasteiger partial charge in [0.1, 0.15) is 0 Å². The number of nitrogens with two attached hydrogens (primary N) is 1. The summed E-state index contributed by atoms with van der Waals surface area (Å²) in [6.45, 7) is 2.88. The molecule has 1 heterocycles. The van der Waals surface area contributed by atoms with Gasteiger partial charge in [0, 0.05) is 12.6 Å². The third-order valence-electron chi connectivity index (χ3n) is 2.47. The average molecular weight is 210 g/mol. The number of hydrogen-bond acceptors (Lipinski definition) is 4. The topological polar surface area (TPSA) is 55.0 Å². The van der Waals surface area contributed by atoms with Crippen molar-refractivity contribution in [1.29, 1.82) is 0 Å². The Bertz CT molecular complexity index is 351. The maximum atomic E-state index is 13.5. The van der Waals surface area contributed by atoms with E-state index in [1.165, 1.54) is 0 Å². The van der Waals surface area contributed by atoms with Crippen molar-refractivity contribution in [2.75, 3.05) is 17.2 Å². The predicted octanol–water partition coefficient (Wildman–Crippen LogP) is 1.58. The number of nitrogen functional groups attached to an aromatic ring is 1. The summed E-state index contributed by atoms with van der Waals surface area (Å²) in [4.78, 5) is 9.59. The first-order chi connectivity index (χ1) is 7.22. The van der Waals surface area contributed by atoms with Gasteiger partial charge in [-0.3, -0.25) is 0 Å². The fraction of sp³-hybridized carbons (Fsp3) is 0.600. The van der Waals surface area contributed by atoms with Crippen molar-refractivity contribution < 1.29 is 4.39 Å². The van der Waals surface area contributed by atoms with Crippen molar-refractivity contribution in [3.8, 4) is 0 Å². The molecule has 0 amide bonds. The second-order valence-electron chi connectivity index (χ2n) is 3.82. The minimum Gasteiger partial charge on any atom is -0.368 e. The van der Waals surface area contributed by atoms with Crippen LogP contribution in [0.2, 0.25) is 0 Å². The van der Waals surface area contributed by atoms with E-state index in [2.05, 4.69) is 16.9 Å². The van der Waals surface area contributed by atoms with Crippen LogP contribution in [0.1, 0.15) is 26.2 Å². The minimum absolute atomic E-state index is 0.133. The molecule has 0 radical (unpaired) electrons. The number of nitrogens with zero attached hydrogens (tertiary/aromatic N) is 3. The summed E-state index contributed by atoms with van der Waals surface area (Å²) in [5, 5.41) is 0. The van der Waals surface area contributed by atoms with Crippen LogP contribution in [0.15, 0.2) is 6.20 Å². The molecule has 0 aliphatic heterocycles. The first-order valence-corrected chi connectivity index (χ1v) is 5.27. The molecule has 82 valence electrons. The van der Waals surface area contributed by atoms with Crippen LogP contribution in [0.25, 0.3) is 0 Å². The maximum Gasteiger partial charge on any atom is 0.222 e. The Balaban J connectivity index is 2.27. The lowest BCUT2D eigenvalue weighted by molar-refractivity contribution is 0.598. The summed E-state index contributed by atoms with van der Waals surface area (Å²) in [6, 6.07) is 0.439. The molecule has 0 unspecified atom stereocenters. The van der Waals surface area contributed by atoms with Crippen LogP contribution in [-0.4, -0.2) is 22.6 Å². The van der Waals surface area contributed by atoms with Crippen LogP contribution in [0.5, 0.6) is 0 Å². The smallest absolute Gasteiger partial charge is 0.222 e. The normalized spacial score (nSPS) is 15.3. The third-order valence-corrected chi connectivity index (χ3v) is 2.47. The lowest BCUT2D eigenvalue weighted by Crippen LogP contribution is -2.28. The molecule has 1 aliphatic carbocycles. The minimum atomic E-state index is -0.385. The Hall–Kier alpha value is -1.39. The van der Waals surface area contributed by atoms with Crippen LogP contribution < -0.4 is 10.6 Å². The molecule has 0 aromatic carbocycles. The van der Waals surface area contributed by atoms with Gasteiger partial charge in [0.05, 0.1) is 6.20 Å². The van der Waals surface area contributed by atoms with Crippen molar-refractivity contribution in [1.82, 2.24) is 9.97 Å². The second-order valence-corrected chi connectivity index (χ2v) is 3.82. The summed E-state index contributed by atoms with van der Waals surface area (Å²) in [5.41, 5.74) is 5.47. The molecule has 1 aliphatic rings. The highest BCUT2D eigenvalue weighted by Gasteiger charge is 2.31. The second kappa shape index (κ2) is 4.00. The van der Waals surface area contributed by atoms with Crippen molar-refractivity contribution >= 4 is 11.8 Å².